The van der Waals surface area contributed by atoms with Gasteiger partial charge in [0.15, 0.2) is 0 Å². The fourth-order valence-corrected chi connectivity index (χ4v) is 2.00. The van der Waals surface area contributed by atoms with Crippen LogP contribution in [-0.2, 0) is 0 Å². The van der Waals surface area contributed by atoms with Crippen molar-refractivity contribution in [2.45, 2.75) is 0 Å². The molecule has 1 heterocycles. The predicted octanol–water partition coefficient (Wildman–Crippen LogP) is 3.67. The SMILES string of the molecule is S=c1nc(Nc2ccccc2)n(-c2ccccc2)[nH]1. The van der Waals surface area contributed by atoms with Gasteiger partial charge in [-0.25, -0.2) is 4.68 Å². The average Bonchev–Trinajstić information content (AvgIpc) is 2.82. The van der Waals surface area contributed by atoms with Crippen LogP contribution in [-0.4, -0.2) is 14.8 Å². The van der Waals surface area contributed by atoms with E-state index in [2.05, 4.69) is 15.4 Å². The molecule has 0 fully saturated rings. The molecule has 2 aromatic carbocycles. The minimum atomic E-state index is 0.447. The van der Waals surface area contributed by atoms with Crippen molar-refractivity contribution in [1.29, 1.82) is 0 Å². The highest BCUT2D eigenvalue weighted by Crippen LogP contribution is 2.17. The smallest absolute Gasteiger partial charge is 0.229 e. The highest BCUT2D eigenvalue weighted by Gasteiger charge is 2.06. The Balaban J connectivity index is 2.01. The van der Waals surface area contributed by atoms with Crippen LogP contribution in [0.2, 0.25) is 0 Å². The highest BCUT2D eigenvalue weighted by molar-refractivity contribution is 7.71. The molecule has 0 aliphatic rings. The molecule has 3 rings (SSSR count). The molecule has 1 aromatic heterocycles. The summed E-state index contributed by atoms with van der Waals surface area (Å²) in [4.78, 5) is 4.29. The van der Waals surface area contributed by atoms with Crippen molar-refractivity contribution < 1.29 is 0 Å². The van der Waals surface area contributed by atoms with Crippen molar-refractivity contribution in [3.8, 4) is 5.69 Å². The predicted molar refractivity (Wildman–Crippen MR) is 78.5 cm³/mol. The van der Waals surface area contributed by atoms with Crippen molar-refractivity contribution in [3.05, 3.63) is 65.4 Å². The topological polar surface area (TPSA) is 45.6 Å². The summed E-state index contributed by atoms with van der Waals surface area (Å²) in [6.45, 7) is 0. The lowest BCUT2D eigenvalue weighted by Gasteiger charge is -2.08. The van der Waals surface area contributed by atoms with Crippen LogP contribution >= 0.6 is 12.2 Å². The Morgan fingerprint density at radius 2 is 1.58 bits per heavy atom. The number of nitrogens with zero attached hydrogens (tertiary/aromatic N) is 2. The van der Waals surface area contributed by atoms with Gasteiger partial charge in [0, 0.05) is 5.69 Å². The number of rotatable bonds is 3. The molecule has 19 heavy (non-hydrogen) atoms. The molecule has 0 saturated heterocycles. The molecule has 4 nitrogen and oxygen atoms in total. The van der Waals surface area contributed by atoms with Crippen molar-refractivity contribution in [3.63, 3.8) is 0 Å². The summed E-state index contributed by atoms with van der Waals surface area (Å²) in [5.74, 6) is 0.669. The zero-order chi connectivity index (χ0) is 13.1. The number of para-hydroxylation sites is 2. The second-order valence-electron chi connectivity index (χ2n) is 4.01. The molecule has 0 aliphatic carbocycles. The molecular weight excluding hydrogens is 256 g/mol. The number of hydrogen-bond donors (Lipinski definition) is 2. The second kappa shape index (κ2) is 5.07. The fourth-order valence-electron chi connectivity index (χ4n) is 1.82. The lowest BCUT2D eigenvalue weighted by atomic mass is 10.3. The van der Waals surface area contributed by atoms with E-state index >= 15 is 0 Å². The molecule has 94 valence electrons. The van der Waals surface area contributed by atoms with Crippen LogP contribution in [0.5, 0.6) is 0 Å². The zero-order valence-electron chi connectivity index (χ0n) is 10.1. The van der Waals surface area contributed by atoms with Gasteiger partial charge < -0.3 is 5.32 Å². The molecule has 0 atom stereocenters. The number of aromatic nitrogens is 3. The Kier molecular flexibility index (Phi) is 3.12. The Bertz CT molecular complexity index is 716. The second-order valence-corrected chi connectivity index (χ2v) is 4.40. The molecule has 0 radical (unpaired) electrons. The monoisotopic (exact) mass is 268 g/mol. The summed E-state index contributed by atoms with van der Waals surface area (Å²) in [7, 11) is 0. The maximum Gasteiger partial charge on any atom is 0.229 e. The number of aromatic amines is 1. The van der Waals surface area contributed by atoms with Crippen molar-refractivity contribution in [1.82, 2.24) is 14.8 Å². The first-order valence-electron chi connectivity index (χ1n) is 5.89. The van der Waals surface area contributed by atoms with Gasteiger partial charge >= 0.3 is 0 Å². The zero-order valence-corrected chi connectivity index (χ0v) is 10.9. The Morgan fingerprint density at radius 1 is 0.947 bits per heavy atom. The minimum Gasteiger partial charge on any atom is -0.324 e. The number of hydrogen-bond acceptors (Lipinski definition) is 3. The Hall–Kier alpha value is -2.40. The van der Waals surface area contributed by atoms with Gasteiger partial charge in [0.2, 0.25) is 10.7 Å². The van der Waals surface area contributed by atoms with E-state index < -0.39 is 0 Å². The van der Waals surface area contributed by atoms with Gasteiger partial charge in [-0.3, -0.25) is 5.10 Å². The summed E-state index contributed by atoms with van der Waals surface area (Å²) in [6.07, 6.45) is 0. The number of anilines is 2. The quantitative estimate of drug-likeness (QED) is 0.712. The van der Waals surface area contributed by atoms with E-state index in [1.807, 2.05) is 65.3 Å². The molecule has 0 unspecified atom stereocenters. The van der Waals surface area contributed by atoms with Gasteiger partial charge in [-0.2, -0.15) is 4.98 Å². The molecule has 3 aromatic rings. The molecule has 0 spiro atoms. The van der Waals surface area contributed by atoms with E-state index in [0.717, 1.165) is 11.4 Å². The summed E-state index contributed by atoms with van der Waals surface area (Å²) >= 11 is 5.11. The normalized spacial score (nSPS) is 10.3. The van der Waals surface area contributed by atoms with Crippen molar-refractivity contribution >= 4 is 23.9 Å². The van der Waals surface area contributed by atoms with Crippen LogP contribution in [0.1, 0.15) is 0 Å². The van der Waals surface area contributed by atoms with E-state index in [1.54, 1.807) is 0 Å². The van der Waals surface area contributed by atoms with Gasteiger partial charge in [0.25, 0.3) is 0 Å². The lowest BCUT2D eigenvalue weighted by molar-refractivity contribution is 0.882. The van der Waals surface area contributed by atoms with Crippen LogP contribution in [0.15, 0.2) is 60.7 Å². The first-order chi connectivity index (χ1) is 9.33. The molecule has 5 heteroatoms. The van der Waals surface area contributed by atoms with Crippen LogP contribution in [0.25, 0.3) is 5.69 Å². The van der Waals surface area contributed by atoms with Gasteiger partial charge in [-0.1, -0.05) is 36.4 Å². The van der Waals surface area contributed by atoms with Crippen LogP contribution in [0, 0.1) is 4.77 Å². The molecule has 2 N–H and O–H groups in total. The standard InChI is InChI=1S/C14H12N4S/c19-14-16-13(15-11-7-3-1-4-8-11)18(17-14)12-9-5-2-6-10-12/h1-10H,(H2,15,16,17,19). The third kappa shape index (κ3) is 2.56. The largest absolute Gasteiger partial charge is 0.324 e. The van der Waals surface area contributed by atoms with Gasteiger partial charge in [0.1, 0.15) is 0 Å². The summed E-state index contributed by atoms with van der Waals surface area (Å²) < 4.78 is 2.28. The minimum absolute atomic E-state index is 0.447. The number of H-pyrrole nitrogens is 1. The summed E-state index contributed by atoms with van der Waals surface area (Å²) in [6, 6.07) is 19.8. The van der Waals surface area contributed by atoms with Crippen LogP contribution < -0.4 is 5.32 Å². The molecular formula is C14H12N4S. The van der Waals surface area contributed by atoms with E-state index in [0.29, 0.717) is 10.7 Å². The van der Waals surface area contributed by atoms with Gasteiger partial charge in [-0.05, 0) is 36.5 Å². The maximum atomic E-state index is 5.11. The third-order valence-electron chi connectivity index (χ3n) is 2.67. The summed E-state index contributed by atoms with van der Waals surface area (Å²) in [5, 5.41) is 6.28. The highest BCUT2D eigenvalue weighted by atomic mass is 32.1. The Morgan fingerprint density at radius 3 is 2.26 bits per heavy atom. The molecule has 0 aliphatic heterocycles. The van der Waals surface area contributed by atoms with E-state index in [4.69, 9.17) is 12.2 Å². The molecule has 0 saturated carbocycles. The van der Waals surface area contributed by atoms with Crippen molar-refractivity contribution in [2.24, 2.45) is 0 Å². The molecule has 0 bridgehead atoms. The third-order valence-corrected chi connectivity index (χ3v) is 2.85. The first-order valence-corrected chi connectivity index (χ1v) is 6.30. The number of benzene rings is 2. The lowest BCUT2D eigenvalue weighted by Crippen LogP contribution is -2.02. The van der Waals surface area contributed by atoms with Crippen LogP contribution in [0.4, 0.5) is 11.6 Å². The van der Waals surface area contributed by atoms with Crippen LogP contribution in [0.3, 0.4) is 0 Å². The fraction of sp³-hybridized carbons (Fsp3) is 0. The van der Waals surface area contributed by atoms with E-state index in [-0.39, 0.29) is 0 Å². The van der Waals surface area contributed by atoms with Gasteiger partial charge in [-0.15, -0.1) is 0 Å². The Labute approximate surface area is 115 Å². The van der Waals surface area contributed by atoms with Crippen molar-refractivity contribution in [2.75, 3.05) is 5.32 Å². The number of nitrogens with one attached hydrogen (secondary N) is 2. The molecule has 0 amide bonds. The first kappa shape index (κ1) is 11.7. The van der Waals surface area contributed by atoms with Gasteiger partial charge in [0.05, 0.1) is 5.69 Å². The average molecular weight is 268 g/mol. The summed E-state index contributed by atoms with van der Waals surface area (Å²) in [5.41, 5.74) is 1.94. The maximum absolute atomic E-state index is 5.11. The van der Waals surface area contributed by atoms with E-state index in [1.165, 1.54) is 0 Å². The van der Waals surface area contributed by atoms with E-state index in [9.17, 15) is 0 Å².